The van der Waals surface area contributed by atoms with Crippen LogP contribution >= 0.6 is 0 Å². The van der Waals surface area contributed by atoms with Crippen molar-refractivity contribution in [3.8, 4) is 0 Å². The van der Waals surface area contributed by atoms with Crippen molar-refractivity contribution >= 4 is 16.0 Å². The number of methoxy groups -OCH3 is 1. The summed E-state index contributed by atoms with van der Waals surface area (Å²) in [6, 6.07) is 5.04. The van der Waals surface area contributed by atoms with E-state index in [0.717, 1.165) is 7.11 Å². The number of ether oxygens (including phenoxy) is 1. The molecule has 0 saturated heterocycles. The number of carbonyl (C=O) groups excluding carboxylic acids is 1. The molecular formula is C11H15NO5S. The number of aryl methyl sites for hydroxylation is 1. The standard InChI is InChI=1S/C11H15NO5S/c1-8-5-3-4-6-10(8)18(15,16)12-9(7-13)11(14)17-2/h3-6,9,12-13H,7H2,1-2H3/t9-/m0/s1. The van der Waals surface area contributed by atoms with Gasteiger partial charge >= 0.3 is 5.97 Å². The maximum atomic E-state index is 12.0. The summed E-state index contributed by atoms with van der Waals surface area (Å²) >= 11 is 0. The smallest absolute Gasteiger partial charge is 0.326 e. The van der Waals surface area contributed by atoms with Gasteiger partial charge in [0.1, 0.15) is 6.04 Å². The SMILES string of the molecule is COC(=O)[C@H](CO)NS(=O)(=O)c1ccccc1C. The van der Waals surface area contributed by atoms with Gasteiger partial charge in [0.25, 0.3) is 0 Å². The quantitative estimate of drug-likeness (QED) is 0.725. The highest BCUT2D eigenvalue weighted by atomic mass is 32.2. The molecule has 2 N–H and O–H groups in total. The van der Waals surface area contributed by atoms with E-state index in [1.165, 1.54) is 6.07 Å². The van der Waals surface area contributed by atoms with E-state index >= 15 is 0 Å². The summed E-state index contributed by atoms with van der Waals surface area (Å²) in [5.41, 5.74) is 0.548. The molecule has 0 bridgehead atoms. The lowest BCUT2D eigenvalue weighted by molar-refractivity contribution is -0.143. The number of aliphatic hydroxyl groups is 1. The van der Waals surface area contributed by atoms with Crippen LogP contribution in [-0.2, 0) is 19.6 Å². The van der Waals surface area contributed by atoms with Crippen LogP contribution in [0.1, 0.15) is 5.56 Å². The number of nitrogens with one attached hydrogen (secondary N) is 1. The molecule has 1 aromatic rings. The lowest BCUT2D eigenvalue weighted by atomic mass is 10.2. The maximum absolute atomic E-state index is 12.0. The molecule has 0 amide bonds. The molecule has 0 aliphatic heterocycles. The molecule has 6 nitrogen and oxygen atoms in total. The zero-order valence-corrected chi connectivity index (χ0v) is 10.9. The molecule has 1 aromatic carbocycles. The van der Waals surface area contributed by atoms with E-state index in [1.807, 2.05) is 0 Å². The summed E-state index contributed by atoms with van der Waals surface area (Å²) in [4.78, 5) is 11.3. The molecule has 18 heavy (non-hydrogen) atoms. The highest BCUT2D eigenvalue weighted by Gasteiger charge is 2.26. The Balaban J connectivity index is 3.02. The first-order chi connectivity index (χ1) is 8.42. The first kappa shape index (κ1) is 14.6. The molecule has 1 rings (SSSR count). The van der Waals surface area contributed by atoms with Gasteiger partial charge in [-0.3, -0.25) is 4.79 Å². The molecule has 0 saturated carbocycles. The van der Waals surface area contributed by atoms with Crippen molar-refractivity contribution in [1.29, 1.82) is 0 Å². The number of esters is 1. The van der Waals surface area contributed by atoms with Gasteiger partial charge in [0.05, 0.1) is 18.6 Å². The van der Waals surface area contributed by atoms with Gasteiger partial charge in [-0.2, -0.15) is 4.72 Å². The Morgan fingerprint density at radius 1 is 1.44 bits per heavy atom. The summed E-state index contributed by atoms with van der Waals surface area (Å²) in [6.45, 7) is 0.971. The minimum absolute atomic E-state index is 0.0624. The highest BCUT2D eigenvalue weighted by Crippen LogP contribution is 2.14. The van der Waals surface area contributed by atoms with Crippen molar-refractivity contribution < 1.29 is 23.1 Å². The Bertz CT molecular complexity index is 526. The second-order valence-electron chi connectivity index (χ2n) is 3.65. The molecule has 0 spiro atoms. The molecular weight excluding hydrogens is 258 g/mol. The van der Waals surface area contributed by atoms with E-state index in [4.69, 9.17) is 5.11 Å². The van der Waals surface area contributed by atoms with Gasteiger partial charge in [0.2, 0.25) is 10.0 Å². The van der Waals surface area contributed by atoms with Crippen molar-refractivity contribution in [1.82, 2.24) is 4.72 Å². The van der Waals surface area contributed by atoms with Crippen LogP contribution < -0.4 is 4.72 Å². The summed E-state index contributed by atoms with van der Waals surface area (Å²) in [6.07, 6.45) is 0. The second-order valence-corrected chi connectivity index (χ2v) is 5.33. The van der Waals surface area contributed by atoms with E-state index < -0.39 is 28.6 Å². The van der Waals surface area contributed by atoms with Gasteiger partial charge < -0.3 is 9.84 Å². The van der Waals surface area contributed by atoms with Gasteiger partial charge in [-0.25, -0.2) is 8.42 Å². The zero-order chi connectivity index (χ0) is 13.8. The molecule has 0 fully saturated rings. The molecule has 0 radical (unpaired) electrons. The largest absolute Gasteiger partial charge is 0.468 e. The van der Waals surface area contributed by atoms with Gasteiger partial charge in [-0.15, -0.1) is 0 Å². The van der Waals surface area contributed by atoms with E-state index in [9.17, 15) is 13.2 Å². The number of hydrogen-bond acceptors (Lipinski definition) is 5. The Kier molecular flexibility index (Phi) is 4.83. The fraction of sp³-hybridized carbons (Fsp3) is 0.364. The van der Waals surface area contributed by atoms with Gasteiger partial charge in [-0.1, -0.05) is 18.2 Å². The number of sulfonamides is 1. The maximum Gasteiger partial charge on any atom is 0.326 e. The van der Waals surface area contributed by atoms with Crippen LogP contribution in [0.25, 0.3) is 0 Å². The van der Waals surface area contributed by atoms with Crippen LogP contribution in [0.3, 0.4) is 0 Å². The predicted octanol–water partition coefficient (Wildman–Crippen LogP) is -0.193. The van der Waals surface area contributed by atoms with E-state index in [0.29, 0.717) is 5.56 Å². The van der Waals surface area contributed by atoms with Gasteiger partial charge in [-0.05, 0) is 18.6 Å². The lowest BCUT2D eigenvalue weighted by Gasteiger charge is -2.15. The number of carbonyl (C=O) groups is 1. The molecule has 0 aliphatic carbocycles. The number of benzene rings is 1. The summed E-state index contributed by atoms with van der Waals surface area (Å²) < 4.78 is 30.5. The third-order valence-electron chi connectivity index (χ3n) is 2.35. The van der Waals surface area contributed by atoms with Gasteiger partial charge in [0.15, 0.2) is 0 Å². The third kappa shape index (κ3) is 3.28. The van der Waals surface area contributed by atoms with Crippen molar-refractivity contribution in [3.63, 3.8) is 0 Å². The molecule has 0 unspecified atom stereocenters. The van der Waals surface area contributed by atoms with Crippen LogP contribution in [0.15, 0.2) is 29.2 Å². The average molecular weight is 273 g/mol. The van der Waals surface area contributed by atoms with Crippen LogP contribution in [0.2, 0.25) is 0 Å². The summed E-state index contributed by atoms with van der Waals surface area (Å²) in [5.74, 6) is -0.838. The van der Waals surface area contributed by atoms with Crippen molar-refractivity contribution in [3.05, 3.63) is 29.8 Å². The first-order valence-corrected chi connectivity index (χ1v) is 6.67. The lowest BCUT2D eigenvalue weighted by Crippen LogP contribution is -2.44. The molecule has 100 valence electrons. The van der Waals surface area contributed by atoms with Crippen LogP contribution in [-0.4, -0.2) is 39.3 Å². The molecule has 1 atom stereocenters. The van der Waals surface area contributed by atoms with Crippen molar-refractivity contribution in [2.75, 3.05) is 13.7 Å². The average Bonchev–Trinajstić information content (AvgIpc) is 2.35. The number of rotatable bonds is 5. The minimum atomic E-state index is -3.87. The van der Waals surface area contributed by atoms with Crippen LogP contribution in [0, 0.1) is 6.92 Å². The van der Waals surface area contributed by atoms with Crippen LogP contribution in [0.4, 0.5) is 0 Å². The van der Waals surface area contributed by atoms with E-state index in [-0.39, 0.29) is 4.90 Å². The summed E-state index contributed by atoms with van der Waals surface area (Å²) in [5, 5.41) is 8.98. The second kappa shape index (κ2) is 5.94. The summed E-state index contributed by atoms with van der Waals surface area (Å²) in [7, 11) is -2.75. The Morgan fingerprint density at radius 2 is 2.06 bits per heavy atom. The Labute approximate surface area is 106 Å². The monoisotopic (exact) mass is 273 g/mol. The highest BCUT2D eigenvalue weighted by molar-refractivity contribution is 7.89. The van der Waals surface area contributed by atoms with Crippen LogP contribution in [0.5, 0.6) is 0 Å². The Morgan fingerprint density at radius 3 is 2.56 bits per heavy atom. The first-order valence-electron chi connectivity index (χ1n) is 5.19. The van der Waals surface area contributed by atoms with Crippen molar-refractivity contribution in [2.45, 2.75) is 17.9 Å². The minimum Gasteiger partial charge on any atom is -0.468 e. The predicted molar refractivity (Wildman–Crippen MR) is 64.4 cm³/mol. The zero-order valence-electron chi connectivity index (χ0n) is 10.1. The molecule has 0 heterocycles. The topological polar surface area (TPSA) is 92.7 Å². The third-order valence-corrected chi connectivity index (χ3v) is 3.98. The fourth-order valence-corrected chi connectivity index (χ4v) is 2.83. The normalized spacial score (nSPS) is 13.1. The molecule has 0 aliphatic rings. The van der Waals surface area contributed by atoms with E-state index in [2.05, 4.69) is 9.46 Å². The molecule has 0 aromatic heterocycles. The Hall–Kier alpha value is -1.44. The van der Waals surface area contributed by atoms with E-state index in [1.54, 1.807) is 25.1 Å². The number of hydrogen-bond donors (Lipinski definition) is 2. The van der Waals surface area contributed by atoms with Crippen molar-refractivity contribution in [2.24, 2.45) is 0 Å². The number of aliphatic hydroxyl groups excluding tert-OH is 1. The fourth-order valence-electron chi connectivity index (χ4n) is 1.41. The molecule has 7 heteroatoms. The van der Waals surface area contributed by atoms with Gasteiger partial charge in [0, 0.05) is 0 Å².